The topological polar surface area (TPSA) is 41.6 Å². The molecule has 2 aromatic carbocycles. The maximum atomic E-state index is 11.9. The lowest BCUT2D eigenvalue weighted by molar-refractivity contribution is 0.0950. The van der Waals surface area contributed by atoms with Crippen LogP contribution >= 0.6 is 0 Å². The van der Waals surface area contributed by atoms with E-state index in [1.54, 1.807) is 0 Å². The lowest BCUT2D eigenvalue weighted by atomic mass is 10.0. The summed E-state index contributed by atoms with van der Waals surface area (Å²) >= 11 is 0. The number of carbonyl (C=O) groups excluding carboxylic acids is 1. The number of epoxide rings is 1. The second-order valence-electron chi connectivity index (χ2n) is 4.61. The molecule has 1 aliphatic heterocycles. The van der Waals surface area contributed by atoms with Gasteiger partial charge >= 0.3 is 0 Å². The maximum Gasteiger partial charge on any atom is 0.251 e. The SMILES string of the molecule is O=C(NC[C@H]1CO1)c1ccc(-c2ccccc2)cc1. The molecule has 1 heterocycles. The van der Waals surface area contributed by atoms with Crippen LogP contribution in [0.3, 0.4) is 0 Å². The molecule has 1 aliphatic rings. The summed E-state index contributed by atoms with van der Waals surface area (Å²) in [4.78, 5) is 11.9. The van der Waals surface area contributed by atoms with Gasteiger partial charge in [0.05, 0.1) is 12.7 Å². The van der Waals surface area contributed by atoms with Gasteiger partial charge in [-0.25, -0.2) is 0 Å². The zero-order valence-electron chi connectivity index (χ0n) is 10.5. The number of hydrogen-bond acceptors (Lipinski definition) is 2. The van der Waals surface area contributed by atoms with Gasteiger partial charge in [0.15, 0.2) is 0 Å². The van der Waals surface area contributed by atoms with Crippen molar-refractivity contribution in [2.75, 3.05) is 13.2 Å². The minimum Gasteiger partial charge on any atom is -0.371 e. The second-order valence-corrected chi connectivity index (χ2v) is 4.61. The average molecular weight is 253 g/mol. The fourth-order valence-electron chi connectivity index (χ4n) is 1.94. The van der Waals surface area contributed by atoms with Crippen molar-refractivity contribution in [1.29, 1.82) is 0 Å². The van der Waals surface area contributed by atoms with Crippen LogP contribution in [0.1, 0.15) is 10.4 Å². The molecule has 0 spiro atoms. The molecule has 0 aliphatic carbocycles. The Morgan fingerprint density at radius 2 is 1.68 bits per heavy atom. The highest BCUT2D eigenvalue weighted by Crippen LogP contribution is 2.19. The Kier molecular flexibility index (Phi) is 3.29. The van der Waals surface area contributed by atoms with E-state index in [0.717, 1.165) is 17.7 Å². The molecule has 0 saturated carbocycles. The van der Waals surface area contributed by atoms with Crippen LogP contribution in [0.25, 0.3) is 11.1 Å². The quantitative estimate of drug-likeness (QED) is 0.850. The Balaban J connectivity index is 1.69. The van der Waals surface area contributed by atoms with Gasteiger partial charge in [0.25, 0.3) is 5.91 Å². The molecule has 1 atom stereocenters. The summed E-state index contributed by atoms with van der Waals surface area (Å²) in [7, 11) is 0. The standard InChI is InChI=1S/C16H15NO2/c18-16(17-10-15-11-19-15)14-8-6-13(7-9-14)12-4-2-1-3-5-12/h1-9,15H,10-11H2,(H,17,18)/t15-/m0/s1. The number of benzene rings is 2. The number of ether oxygens (including phenoxy) is 1. The van der Waals surface area contributed by atoms with Crippen molar-refractivity contribution in [3.05, 3.63) is 60.2 Å². The van der Waals surface area contributed by atoms with Crippen LogP contribution in [-0.4, -0.2) is 25.2 Å². The van der Waals surface area contributed by atoms with E-state index >= 15 is 0 Å². The first kappa shape index (κ1) is 11.9. The van der Waals surface area contributed by atoms with Crippen molar-refractivity contribution in [3.8, 4) is 11.1 Å². The number of rotatable bonds is 4. The summed E-state index contributed by atoms with van der Waals surface area (Å²) in [6, 6.07) is 17.8. The molecule has 0 aromatic heterocycles. The predicted molar refractivity (Wildman–Crippen MR) is 74.0 cm³/mol. The van der Waals surface area contributed by atoms with Crippen molar-refractivity contribution < 1.29 is 9.53 Å². The van der Waals surface area contributed by atoms with Crippen molar-refractivity contribution in [2.45, 2.75) is 6.10 Å². The fraction of sp³-hybridized carbons (Fsp3) is 0.188. The zero-order valence-corrected chi connectivity index (χ0v) is 10.5. The van der Waals surface area contributed by atoms with E-state index < -0.39 is 0 Å². The molecule has 2 aromatic rings. The van der Waals surface area contributed by atoms with Crippen molar-refractivity contribution in [3.63, 3.8) is 0 Å². The minimum absolute atomic E-state index is 0.0462. The Morgan fingerprint density at radius 1 is 1.05 bits per heavy atom. The molecule has 1 saturated heterocycles. The molecular weight excluding hydrogens is 238 g/mol. The third-order valence-corrected chi connectivity index (χ3v) is 3.15. The van der Waals surface area contributed by atoms with E-state index in [1.165, 1.54) is 0 Å². The monoisotopic (exact) mass is 253 g/mol. The fourth-order valence-corrected chi connectivity index (χ4v) is 1.94. The molecule has 0 bridgehead atoms. The third-order valence-electron chi connectivity index (χ3n) is 3.15. The van der Waals surface area contributed by atoms with E-state index in [2.05, 4.69) is 17.4 Å². The number of carbonyl (C=O) groups is 1. The molecule has 1 N–H and O–H groups in total. The minimum atomic E-state index is -0.0462. The molecule has 0 unspecified atom stereocenters. The molecule has 19 heavy (non-hydrogen) atoms. The first-order valence-corrected chi connectivity index (χ1v) is 6.38. The third kappa shape index (κ3) is 3.01. The average Bonchev–Trinajstić information content (AvgIpc) is 3.30. The smallest absolute Gasteiger partial charge is 0.251 e. The maximum absolute atomic E-state index is 11.9. The van der Waals surface area contributed by atoms with Gasteiger partial charge in [-0.2, -0.15) is 0 Å². The summed E-state index contributed by atoms with van der Waals surface area (Å²) in [5.41, 5.74) is 2.95. The lowest BCUT2D eigenvalue weighted by Crippen LogP contribution is -2.27. The number of nitrogens with one attached hydrogen (secondary N) is 1. The Labute approximate surface area is 112 Å². The van der Waals surface area contributed by atoms with Crippen molar-refractivity contribution in [2.24, 2.45) is 0 Å². The van der Waals surface area contributed by atoms with E-state index in [9.17, 15) is 4.79 Å². The highest BCUT2D eigenvalue weighted by molar-refractivity contribution is 5.94. The Bertz CT molecular complexity index is 559. The van der Waals surface area contributed by atoms with Crippen LogP contribution < -0.4 is 5.32 Å². The Morgan fingerprint density at radius 3 is 2.32 bits per heavy atom. The molecule has 1 fully saturated rings. The van der Waals surface area contributed by atoms with Gasteiger partial charge in [0, 0.05) is 12.1 Å². The van der Waals surface area contributed by atoms with Crippen LogP contribution in [0, 0.1) is 0 Å². The Hall–Kier alpha value is -2.13. The lowest BCUT2D eigenvalue weighted by Gasteiger charge is -2.05. The van der Waals surface area contributed by atoms with Gasteiger partial charge in [-0.05, 0) is 23.3 Å². The van der Waals surface area contributed by atoms with Crippen LogP contribution in [0.4, 0.5) is 0 Å². The molecule has 3 heteroatoms. The van der Waals surface area contributed by atoms with E-state index in [1.807, 2.05) is 42.5 Å². The molecule has 1 amide bonds. The predicted octanol–water partition coefficient (Wildman–Crippen LogP) is 2.48. The van der Waals surface area contributed by atoms with Gasteiger partial charge in [-0.3, -0.25) is 4.79 Å². The van der Waals surface area contributed by atoms with E-state index in [4.69, 9.17) is 4.74 Å². The zero-order chi connectivity index (χ0) is 13.1. The van der Waals surface area contributed by atoms with Gasteiger partial charge in [0.1, 0.15) is 0 Å². The summed E-state index contributed by atoms with van der Waals surface area (Å²) in [6.07, 6.45) is 0.215. The van der Waals surface area contributed by atoms with Crippen molar-refractivity contribution in [1.82, 2.24) is 5.32 Å². The molecule has 0 radical (unpaired) electrons. The molecular formula is C16H15NO2. The summed E-state index contributed by atoms with van der Waals surface area (Å²) < 4.78 is 5.06. The number of amides is 1. The summed E-state index contributed by atoms with van der Waals surface area (Å²) in [5, 5.41) is 2.86. The van der Waals surface area contributed by atoms with Gasteiger partial charge in [-0.1, -0.05) is 42.5 Å². The van der Waals surface area contributed by atoms with Gasteiger partial charge in [-0.15, -0.1) is 0 Å². The van der Waals surface area contributed by atoms with Gasteiger partial charge in [0.2, 0.25) is 0 Å². The first-order valence-electron chi connectivity index (χ1n) is 6.38. The molecule has 3 nitrogen and oxygen atoms in total. The van der Waals surface area contributed by atoms with E-state index in [0.29, 0.717) is 12.1 Å². The van der Waals surface area contributed by atoms with E-state index in [-0.39, 0.29) is 12.0 Å². The van der Waals surface area contributed by atoms with Gasteiger partial charge < -0.3 is 10.1 Å². The van der Waals surface area contributed by atoms with Crippen LogP contribution in [-0.2, 0) is 4.74 Å². The highest BCUT2D eigenvalue weighted by atomic mass is 16.6. The largest absolute Gasteiger partial charge is 0.371 e. The second kappa shape index (κ2) is 5.24. The number of hydrogen-bond donors (Lipinski definition) is 1. The summed E-state index contributed by atoms with van der Waals surface area (Å²) in [6.45, 7) is 1.35. The normalized spacial score (nSPS) is 16.9. The van der Waals surface area contributed by atoms with Crippen LogP contribution in [0.2, 0.25) is 0 Å². The highest BCUT2D eigenvalue weighted by Gasteiger charge is 2.22. The van der Waals surface area contributed by atoms with Crippen molar-refractivity contribution >= 4 is 5.91 Å². The molecule has 3 rings (SSSR count). The van der Waals surface area contributed by atoms with Crippen LogP contribution in [0.5, 0.6) is 0 Å². The molecule has 96 valence electrons. The van der Waals surface area contributed by atoms with Crippen LogP contribution in [0.15, 0.2) is 54.6 Å². The summed E-state index contributed by atoms with van der Waals surface area (Å²) in [5.74, 6) is -0.0462. The first-order chi connectivity index (χ1) is 9.33.